The Balaban J connectivity index is 0.00000312. The molecule has 0 saturated carbocycles. The number of aromatic nitrogens is 1. The fourth-order valence-electron chi connectivity index (χ4n) is 2.32. The number of rotatable bonds is 8. The van der Waals surface area contributed by atoms with Gasteiger partial charge in [-0.15, -0.1) is 24.8 Å². The molecule has 6 nitrogen and oxygen atoms in total. The molecule has 0 aliphatic heterocycles. The average Bonchev–Trinajstić information content (AvgIpc) is 2.90. The van der Waals surface area contributed by atoms with Crippen molar-refractivity contribution in [2.75, 3.05) is 25.4 Å². The van der Waals surface area contributed by atoms with E-state index in [4.69, 9.17) is 10.5 Å². The molecule has 0 aliphatic rings. The summed E-state index contributed by atoms with van der Waals surface area (Å²) in [5, 5.41) is 13.9. The molecular formula is C17H25Cl2N3O3S. The second-order valence-electron chi connectivity index (χ2n) is 5.39. The number of halogens is 2. The molecule has 0 saturated heterocycles. The number of nitrogens with two attached hydrogens (primary N) is 1. The van der Waals surface area contributed by atoms with Gasteiger partial charge in [-0.3, -0.25) is 0 Å². The van der Waals surface area contributed by atoms with Crippen LogP contribution in [0.25, 0.3) is 0 Å². The minimum Gasteiger partial charge on any atom is -0.462 e. The molecule has 1 heterocycles. The van der Waals surface area contributed by atoms with E-state index in [9.17, 15) is 9.90 Å². The number of anilines is 1. The van der Waals surface area contributed by atoms with Crippen LogP contribution in [0.5, 0.6) is 0 Å². The SMILES string of the molecule is CCOC(=O)c1ccc(CCNCC(O)c2sc(N)nc2C)cc1.Cl.Cl. The third-order valence-electron chi connectivity index (χ3n) is 3.54. The summed E-state index contributed by atoms with van der Waals surface area (Å²) < 4.78 is 4.95. The maximum Gasteiger partial charge on any atom is 0.338 e. The predicted octanol–water partition coefficient (Wildman–Crippen LogP) is 2.92. The number of carbonyl (C=O) groups excluding carboxylic acids is 1. The molecule has 2 rings (SSSR count). The summed E-state index contributed by atoms with van der Waals surface area (Å²) in [6.07, 6.45) is 0.200. The van der Waals surface area contributed by atoms with Gasteiger partial charge in [0.15, 0.2) is 5.13 Å². The number of hydrogen-bond donors (Lipinski definition) is 3. The number of carbonyl (C=O) groups is 1. The summed E-state index contributed by atoms with van der Waals surface area (Å²) in [5.41, 5.74) is 8.09. The fraction of sp³-hybridized carbons (Fsp3) is 0.412. The molecule has 1 unspecified atom stereocenters. The van der Waals surface area contributed by atoms with Gasteiger partial charge in [-0.05, 0) is 44.5 Å². The lowest BCUT2D eigenvalue weighted by atomic mass is 10.1. The van der Waals surface area contributed by atoms with E-state index in [-0.39, 0.29) is 30.8 Å². The molecule has 0 amide bonds. The molecule has 0 aliphatic carbocycles. The molecule has 4 N–H and O–H groups in total. The summed E-state index contributed by atoms with van der Waals surface area (Å²) in [7, 11) is 0. The highest BCUT2D eigenvalue weighted by molar-refractivity contribution is 7.15. The van der Waals surface area contributed by atoms with Crippen LogP contribution >= 0.6 is 36.2 Å². The topological polar surface area (TPSA) is 97.5 Å². The van der Waals surface area contributed by atoms with Gasteiger partial charge in [0.2, 0.25) is 0 Å². The number of benzene rings is 1. The molecule has 146 valence electrons. The number of thiazole rings is 1. The smallest absolute Gasteiger partial charge is 0.338 e. The van der Waals surface area contributed by atoms with Crippen molar-refractivity contribution >= 4 is 47.3 Å². The molecule has 0 spiro atoms. The monoisotopic (exact) mass is 421 g/mol. The third-order valence-corrected chi connectivity index (χ3v) is 4.63. The van der Waals surface area contributed by atoms with Gasteiger partial charge in [-0.1, -0.05) is 23.5 Å². The Bertz CT molecular complexity index is 680. The summed E-state index contributed by atoms with van der Waals surface area (Å²) in [6.45, 7) is 5.18. The number of nitrogens with one attached hydrogen (secondary N) is 1. The number of nitrogens with zero attached hydrogens (tertiary/aromatic N) is 1. The van der Waals surface area contributed by atoms with Gasteiger partial charge in [0.1, 0.15) is 6.10 Å². The Kier molecular flexibility index (Phi) is 11.4. The average molecular weight is 422 g/mol. The van der Waals surface area contributed by atoms with E-state index in [2.05, 4.69) is 10.3 Å². The summed E-state index contributed by atoms with van der Waals surface area (Å²) in [4.78, 5) is 16.5. The number of hydrogen-bond acceptors (Lipinski definition) is 7. The van der Waals surface area contributed by atoms with Gasteiger partial charge >= 0.3 is 5.97 Å². The first-order valence-electron chi connectivity index (χ1n) is 7.89. The zero-order valence-corrected chi connectivity index (χ0v) is 17.2. The van der Waals surface area contributed by atoms with Crippen LogP contribution in [-0.2, 0) is 11.2 Å². The molecular weight excluding hydrogens is 397 g/mol. The van der Waals surface area contributed by atoms with Crippen molar-refractivity contribution in [3.8, 4) is 0 Å². The molecule has 0 fully saturated rings. The van der Waals surface area contributed by atoms with Crippen LogP contribution in [-0.4, -0.2) is 35.8 Å². The molecule has 1 aromatic carbocycles. The fourth-order valence-corrected chi connectivity index (χ4v) is 3.15. The van der Waals surface area contributed by atoms with Crippen LogP contribution in [0.1, 0.15) is 39.5 Å². The van der Waals surface area contributed by atoms with Crippen molar-refractivity contribution in [1.29, 1.82) is 0 Å². The Labute approximate surface area is 170 Å². The van der Waals surface area contributed by atoms with E-state index >= 15 is 0 Å². The van der Waals surface area contributed by atoms with E-state index in [0.29, 0.717) is 23.8 Å². The zero-order valence-electron chi connectivity index (χ0n) is 14.7. The molecule has 1 aromatic heterocycles. The lowest BCUT2D eigenvalue weighted by molar-refractivity contribution is 0.0526. The van der Waals surface area contributed by atoms with Crippen LogP contribution in [0.3, 0.4) is 0 Å². The number of nitrogen functional groups attached to an aromatic ring is 1. The summed E-state index contributed by atoms with van der Waals surface area (Å²) in [5.74, 6) is -0.301. The van der Waals surface area contributed by atoms with Crippen LogP contribution < -0.4 is 11.1 Å². The lowest BCUT2D eigenvalue weighted by Gasteiger charge is -2.11. The minimum atomic E-state index is -0.606. The van der Waals surface area contributed by atoms with Crippen molar-refractivity contribution in [3.63, 3.8) is 0 Å². The van der Waals surface area contributed by atoms with Gasteiger partial charge in [0, 0.05) is 6.54 Å². The van der Waals surface area contributed by atoms with Crippen molar-refractivity contribution in [1.82, 2.24) is 10.3 Å². The second-order valence-corrected chi connectivity index (χ2v) is 6.45. The summed E-state index contributed by atoms with van der Waals surface area (Å²) >= 11 is 1.32. The Morgan fingerprint density at radius 3 is 2.54 bits per heavy atom. The van der Waals surface area contributed by atoms with E-state index in [1.807, 2.05) is 19.1 Å². The third kappa shape index (κ3) is 7.09. The van der Waals surface area contributed by atoms with Crippen LogP contribution in [0.2, 0.25) is 0 Å². The largest absolute Gasteiger partial charge is 0.462 e. The number of aliphatic hydroxyl groups is 1. The van der Waals surface area contributed by atoms with E-state index < -0.39 is 6.10 Å². The molecule has 0 radical (unpaired) electrons. The molecule has 26 heavy (non-hydrogen) atoms. The van der Waals surface area contributed by atoms with Crippen molar-refractivity contribution in [2.45, 2.75) is 26.4 Å². The Hall–Kier alpha value is -1.38. The van der Waals surface area contributed by atoms with Crippen molar-refractivity contribution in [3.05, 3.63) is 46.0 Å². The number of ether oxygens (including phenoxy) is 1. The van der Waals surface area contributed by atoms with E-state index in [1.165, 1.54) is 11.3 Å². The lowest BCUT2D eigenvalue weighted by Crippen LogP contribution is -2.23. The molecule has 1 atom stereocenters. The van der Waals surface area contributed by atoms with Gasteiger partial charge in [-0.25, -0.2) is 9.78 Å². The van der Waals surface area contributed by atoms with Crippen molar-refractivity contribution < 1.29 is 14.6 Å². The molecule has 2 aromatic rings. The van der Waals surface area contributed by atoms with E-state index in [1.54, 1.807) is 19.1 Å². The minimum absolute atomic E-state index is 0. The van der Waals surface area contributed by atoms with Crippen molar-refractivity contribution in [2.24, 2.45) is 0 Å². The highest BCUT2D eigenvalue weighted by atomic mass is 35.5. The quantitative estimate of drug-likeness (QED) is 0.447. The van der Waals surface area contributed by atoms with E-state index in [0.717, 1.165) is 29.1 Å². The first-order valence-corrected chi connectivity index (χ1v) is 8.70. The molecule has 0 bridgehead atoms. The van der Waals surface area contributed by atoms with Gasteiger partial charge in [0.25, 0.3) is 0 Å². The maximum absolute atomic E-state index is 11.6. The number of esters is 1. The summed E-state index contributed by atoms with van der Waals surface area (Å²) in [6, 6.07) is 7.37. The maximum atomic E-state index is 11.6. The van der Waals surface area contributed by atoms with Crippen LogP contribution in [0.15, 0.2) is 24.3 Å². The number of aliphatic hydroxyl groups excluding tert-OH is 1. The van der Waals surface area contributed by atoms with Gasteiger partial charge in [0.05, 0.1) is 22.7 Å². The first kappa shape index (κ1) is 24.6. The second kappa shape index (κ2) is 12.1. The molecule has 9 heteroatoms. The Morgan fingerprint density at radius 1 is 1.35 bits per heavy atom. The first-order chi connectivity index (χ1) is 11.5. The zero-order chi connectivity index (χ0) is 17.5. The van der Waals surface area contributed by atoms with Crippen LogP contribution in [0.4, 0.5) is 5.13 Å². The number of aryl methyl sites for hydroxylation is 1. The van der Waals surface area contributed by atoms with Crippen LogP contribution in [0, 0.1) is 6.92 Å². The normalized spacial score (nSPS) is 11.2. The van der Waals surface area contributed by atoms with Gasteiger partial charge in [-0.2, -0.15) is 0 Å². The highest BCUT2D eigenvalue weighted by Gasteiger charge is 2.14. The Morgan fingerprint density at radius 2 is 2.00 bits per heavy atom. The highest BCUT2D eigenvalue weighted by Crippen LogP contribution is 2.25. The standard InChI is InChI=1S/C17H23N3O3S.2ClH/c1-3-23-16(22)13-6-4-12(5-7-13)8-9-19-10-14(21)15-11(2)20-17(18)24-15;;/h4-7,14,19,21H,3,8-10H2,1-2H3,(H2,18,20);2*1H. The predicted molar refractivity (Wildman–Crippen MR) is 110 cm³/mol. The van der Waals surface area contributed by atoms with Gasteiger partial charge < -0.3 is 20.9 Å².